The number of anilines is 1. The molecule has 10 nitrogen and oxygen atoms in total. The second-order valence-corrected chi connectivity index (χ2v) is 10.5. The number of aromatic nitrogens is 5. The molecule has 2 unspecified atom stereocenters. The van der Waals surface area contributed by atoms with E-state index in [2.05, 4.69) is 22.6 Å². The van der Waals surface area contributed by atoms with Crippen LogP contribution in [0.2, 0.25) is 0 Å². The number of benzene rings is 1. The number of hydrogen-bond donors (Lipinski definition) is 2. The number of fused-ring (bicyclic) bond motifs is 2. The van der Waals surface area contributed by atoms with E-state index in [0.29, 0.717) is 35.1 Å². The highest BCUT2D eigenvalue weighted by Gasteiger charge is 2.56. The van der Waals surface area contributed by atoms with E-state index < -0.39 is 5.79 Å². The molecule has 12 heteroatoms. The van der Waals surface area contributed by atoms with E-state index in [1.807, 2.05) is 13.8 Å². The molecule has 36 heavy (non-hydrogen) atoms. The predicted octanol–water partition coefficient (Wildman–Crippen LogP) is 3.32. The summed E-state index contributed by atoms with van der Waals surface area (Å²) in [6.45, 7) is 6.47. The van der Waals surface area contributed by atoms with Gasteiger partial charge in [0.2, 0.25) is 0 Å². The van der Waals surface area contributed by atoms with Crippen LogP contribution in [0.5, 0.6) is 0 Å². The van der Waals surface area contributed by atoms with Crippen molar-refractivity contribution < 1.29 is 23.7 Å². The fourth-order valence-corrected chi connectivity index (χ4v) is 5.41. The third-order valence-electron chi connectivity index (χ3n) is 6.23. The van der Waals surface area contributed by atoms with Crippen molar-refractivity contribution in [3.63, 3.8) is 0 Å². The van der Waals surface area contributed by atoms with E-state index in [1.165, 1.54) is 12.1 Å². The van der Waals surface area contributed by atoms with Gasteiger partial charge in [-0.2, -0.15) is 0 Å². The molecular weight excluding hydrogens is 487 g/mol. The van der Waals surface area contributed by atoms with Gasteiger partial charge in [-0.05, 0) is 38.0 Å². The van der Waals surface area contributed by atoms with E-state index in [-0.39, 0.29) is 43.4 Å². The van der Waals surface area contributed by atoms with Crippen LogP contribution in [0.25, 0.3) is 11.2 Å². The van der Waals surface area contributed by atoms with Crippen LogP contribution < -0.4 is 5.32 Å². The van der Waals surface area contributed by atoms with Crippen LogP contribution in [0, 0.1) is 5.82 Å². The van der Waals surface area contributed by atoms with Gasteiger partial charge in [0.25, 0.3) is 0 Å². The minimum atomic E-state index is -0.760. The van der Waals surface area contributed by atoms with Gasteiger partial charge in [0.05, 0.1) is 25.4 Å². The average molecular weight is 519 g/mol. The summed E-state index contributed by atoms with van der Waals surface area (Å²) < 4.78 is 33.4. The molecule has 1 aromatic carbocycles. The number of aliphatic hydroxyl groups excluding tert-OH is 1. The molecule has 194 valence electrons. The zero-order chi connectivity index (χ0) is 25.3. The van der Waals surface area contributed by atoms with E-state index in [4.69, 9.17) is 24.2 Å². The molecule has 2 aliphatic rings. The molecule has 5 rings (SSSR count). The van der Waals surface area contributed by atoms with Crippen molar-refractivity contribution in [1.29, 1.82) is 0 Å². The minimum Gasteiger partial charge on any atom is -0.394 e. The quantitative estimate of drug-likeness (QED) is 0.306. The minimum absolute atomic E-state index is 0.0661. The molecule has 0 amide bonds. The summed E-state index contributed by atoms with van der Waals surface area (Å²) in [5.74, 6) is 0.410. The largest absolute Gasteiger partial charge is 0.394 e. The molecule has 2 aromatic heterocycles. The topological polar surface area (TPSA) is 116 Å². The van der Waals surface area contributed by atoms with Gasteiger partial charge in [0, 0.05) is 18.7 Å². The maximum absolute atomic E-state index is 13.3. The molecule has 0 spiro atoms. The van der Waals surface area contributed by atoms with E-state index >= 15 is 0 Å². The van der Waals surface area contributed by atoms with Gasteiger partial charge in [-0.25, -0.2) is 19.0 Å². The summed E-state index contributed by atoms with van der Waals surface area (Å²) in [6.07, 6.45) is 0.732. The highest BCUT2D eigenvalue weighted by atomic mass is 32.2. The molecule has 3 heterocycles. The number of hydrogen-bond acceptors (Lipinski definition) is 10. The lowest BCUT2D eigenvalue weighted by molar-refractivity contribution is -0.171. The van der Waals surface area contributed by atoms with Gasteiger partial charge in [0.1, 0.15) is 18.0 Å². The Balaban J connectivity index is 1.48. The van der Waals surface area contributed by atoms with Crippen molar-refractivity contribution in [1.82, 2.24) is 25.0 Å². The molecule has 0 radical (unpaired) electrons. The van der Waals surface area contributed by atoms with Crippen LogP contribution in [-0.2, 0) is 20.8 Å². The Morgan fingerprint density at radius 3 is 2.75 bits per heavy atom. The Morgan fingerprint density at radius 1 is 1.22 bits per heavy atom. The van der Waals surface area contributed by atoms with E-state index in [1.54, 1.807) is 28.6 Å². The molecule has 1 saturated carbocycles. The van der Waals surface area contributed by atoms with Crippen LogP contribution in [0.4, 0.5) is 10.2 Å². The number of ether oxygens (including phenoxy) is 3. The summed E-state index contributed by atoms with van der Waals surface area (Å²) >= 11 is 1.57. The SMILES string of the molecule is CCCSc1nc(NCc2ccc(F)cc2)c2nnn([C@H]3C[C@@H](OCCO)C4OC(C)(C)OC43)c2n1. The molecule has 0 bridgehead atoms. The van der Waals surface area contributed by atoms with Crippen molar-refractivity contribution in [2.24, 2.45) is 0 Å². The Morgan fingerprint density at radius 2 is 2.00 bits per heavy atom. The third kappa shape index (κ3) is 5.18. The lowest BCUT2D eigenvalue weighted by Crippen LogP contribution is -2.31. The summed E-state index contributed by atoms with van der Waals surface area (Å²) in [7, 11) is 0. The highest BCUT2D eigenvalue weighted by molar-refractivity contribution is 7.99. The lowest BCUT2D eigenvalue weighted by Gasteiger charge is -2.23. The fraction of sp³-hybridized carbons (Fsp3) is 0.583. The first-order chi connectivity index (χ1) is 17.4. The Hall–Kier alpha value is -2.38. The van der Waals surface area contributed by atoms with Crippen molar-refractivity contribution in [3.05, 3.63) is 35.6 Å². The molecule has 1 saturated heterocycles. The molecule has 4 atom stereocenters. The second kappa shape index (κ2) is 10.5. The first kappa shape index (κ1) is 25.3. The number of aliphatic hydroxyl groups is 1. The number of rotatable bonds is 10. The summed E-state index contributed by atoms with van der Waals surface area (Å²) in [4.78, 5) is 9.50. The van der Waals surface area contributed by atoms with Gasteiger partial charge >= 0.3 is 0 Å². The Kier molecular flexibility index (Phi) is 7.40. The van der Waals surface area contributed by atoms with Crippen LogP contribution in [0.3, 0.4) is 0 Å². The van der Waals surface area contributed by atoms with Crippen LogP contribution in [0.1, 0.15) is 45.2 Å². The fourth-order valence-electron chi connectivity index (χ4n) is 4.72. The van der Waals surface area contributed by atoms with Gasteiger partial charge in [-0.1, -0.05) is 36.0 Å². The molecular formula is C24H31FN6O4S. The Labute approximate surface area is 212 Å². The highest BCUT2D eigenvalue weighted by Crippen LogP contribution is 2.45. The maximum atomic E-state index is 13.3. The monoisotopic (exact) mass is 518 g/mol. The second-order valence-electron chi connectivity index (χ2n) is 9.39. The molecule has 2 N–H and O–H groups in total. The summed E-state index contributed by atoms with van der Waals surface area (Å²) in [6, 6.07) is 6.11. The van der Waals surface area contributed by atoms with Gasteiger partial charge in [0.15, 0.2) is 27.9 Å². The molecule has 2 fully saturated rings. The van der Waals surface area contributed by atoms with Crippen LogP contribution in [0.15, 0.2) is 29.4 Å². The van der Waals surface area contributed by atoms with Crippen molar-refractivity contribution in [2.75, 3.05) is 24.3 Å². The summed E-state index contributed by atoms with van der Waals surface area (Å²) in [5.41, 5.74) is 2.07. The Bertz CT molecular complexity index is 1190. The van der Waals surface area contributed by atoms with E-state index in [0.717, 1.165) is 17.7 Å². The van der Waals surface area contributed by atoms with Crippen molar-refractivity contribution >= 4 is 28.7 Å². The van der Waals surface area contributed by atoms with Gasteiger partial charge in [-0.15, -0.1) is 5.10 Å². The van der Waals surface area contributed by atoms with Crippen LogP contribution >= 0.6 is 11.8 Å². The molecule has 3 aromatic rings. The zero-order valence-corrected chi connectivity index (χ0v) is 21.4. The normalized spacial score (nSPS) is 24.9. The number of halogens is 1. The molecule has 1 aliphatic heterocycles. The van der Waals surface area contributed by atoms with Gasteiger partial charge < -0.3 is 24.6 Å². The first-order valence-corrected chi connectivity index (χ1v) is 13.2. The van der Waals surface area contributed by atoms with Crippen molar-refractivity contribution in [3.8, 4) is 0 Å². The van der Waals surface area contributed by atoms with E-state index in [9.17, 15) is 9.50 Å². The molecule has 1 aliphatic carbocycles. The lowest BCUT2D eigenvalue weighted by atomic mass is 10.2. The van der Waals surface area contributed by atoms with Crippen LogP contribution in [-0.4, -0.2) is 73.1 Å². The zero-order valence-electron chi connectivity index (χ0n) is 20.6. The number of thioether (sulfide) groups is 1. The maximum Gasteiger partial charge on any atom is 0.191 e. The van der Waals surface area contributed by atoms with Crippen molar-refractivity contribution in [2.45, 2.75) is 75.5 Å². The number of nitrogens with one attached hydrogen (secondary N) is 1. The summed E-state index contributed by atoms with van der Waals surface area (Å²) in [5, 5.41) is 22.1. The van der Waals surface area contributed by atoms with Gasteiger partial charge in [-0.3, -0.25) is 0 Å². The number of nitrogens with zero attached hydrogens (tertiary/aromatic N) is 5. The third-order valence-corrected chi connectivity index (χ3v) is 7.29. The smallest absolute Gasteiger partial charge is 0.191 e. The average Bonchev–Trinajstić information content (AvgIpc) is 3.51. The standard InChI is InChI=1S/C24H31FN6O4S/c1-4-11-36-23-27-21(26-13-14-5-7-15(25)8-6-14)18-22(28-23)31(30-29-18)16-12-17(33-10-9-32)20-19(16)34-24(2,3)35-20/h5-8,16-17,19-20,32H,4,9-13H2,1-3H3,(H,26,27,28)/t16-,17+,19?,20?/m0/s1. The first-order valence-electron chi connectivity index (χ1n) is 12.2. The predicted molar refractivity (Wildman–Crippen MR) is 132 cm³/mol.